The predicted molar refractivity (Wildman–Crippen MR) is 60.6 cm³/mol. The van der Waals surface area contributed by atoms with Crippen molar-refractivity contribution in [2.45, 2.75) is 6.54 Å². The van der Waals surface area contributed by atoms with Gasteiger partial charge in [-0.15, -0.1) is 5.10 Å². The zero-order chi connectivity index (χ0) is 12.3. The maximum Gasteiger partial charge on any atom is 0.167 e. The third-order valence-corrected chi connectivity index (χ3v) is 2.30. The van der Waals surface area contributed by atoms with Gasteiger partial charge in [-0.1, -0.05) is 5.21 Å². The van der Waals surface area contributed by atoms with Crippen molar-refractivity contribution in [2.75, 3.05) is 14.2 Å². The molecular formula is C11H13FN4O. The third kappa shape index (κ3) is 2.42. The number of hydrogen-bond donors (Lipinski definition) is 1. The SMILES string of the molecule is CNCc1cn(-c2ccc(OC)c(F)c2)nn1. The van der Waals surface area contributed by atoms with E-state index in [0.717, 1.165) is 5.69 Å². The first kappa shape index (κ1) is 11.5. The van der Waals surface area contributed by atoms with Crippen LogP contribution in [0.1, 0.15) is 5.69 Å². The monoisotopic (exact) mass is 236 g/mol. The number of aromatic nitrogens is 3. The zero-order valence-corrected chi connectivity index (χ0v) is 9.64. The summed E-state index contributed by atoms with van der Waals surface area (Å²) in [7, 11) is 3.25. The molecule has 0 aliphatic heterocycles. The molecule has 0 bridgehead atoms. The van der Waals surface area contributed by atoms with Crippen LogP contribution in [0.25, 0.3) is 5.69 Å². The molecule has 0 amide bonds. The summed E-state index contributed by atoms with van der Waals surface area (Å²) in [5.41, 5.74) is 1.40. The summed E-state index contributed by atoms with van der Waals surface area (Å²) in [6.45, 7) is 0.624. The fourth-order valence-electron chi connectivity index (χ4n) is 1.48. The van der Waals surface area contributed by atoms with E-state index in [4.69, 9.17) is 4.74 Å². The van der Waals surface area contributed by atoms with Gasteiger partial charge < -0.3 is 10.1 Å². The number of methoxy groups -OCH3 is 1. The Morgan fingerprint density at radius 3 is 2.94 bits per heavy atom. The molecule has 0 saturated carbocycles. The molecule has 2 aromatic rings. The highest BCUT2D eigenvalue weighted by atomic mass is 19.1. The second-order valence-electron chi connectivity index (χ2n) is 3.50. The van der Waals surface area contributed by atoms with Crippen molar-refractivity contribution in [2.24, 2.45) is 0 Å². The highest BCUT2D eigenvalue weighted by Crippen LogP contribution is 2.19. The molecule has 0 spiro atoms. The molecule has 0 radical (unpaired) electrons. The molecule has 5 nitrogen and oxygen atoms in total. The first-order chi connectivity index (χ1) is 8.24. The average Bonchev–Trinajstić information content (AvgIpc) is 2.78. The Labute approximate surface area is 98.2 Å². The molecule has 0 saturated heterocycles. The lowest BCUT2D eigenvalue weighted by Crippen LogP contribution is -2.05. The number of nitrogens with one attached hydrogen (secondary N) is 1. The van der Waals surface area contributed by atoms with Gasteiger partial charge in [-0.05, 0) is 19.2 Å². The normalized spacial score (nSPS) is 10.5. The van der Waals surface area contributed by atoms with Gasteiger partial charge in [0.1, 0.15) is 0 Å². The van der Waals surface area contributed by atoms with Crippen molar-refractivity contribution in [1.29, 1.82) is 0 Å². The topological polar surface area (TPSA) is 52.0 Å². The van der Waals surface area contributed by atoms with Gasteiger partial charge in [0.15, 0.2) is 11.6 Å². The van der Waals surface area contributed by atoms with Crippen LogP contribution in [0, 0.1) is 5.82 Å². The fraction of sp³-hybridized carbons (Fsp3) is 0.273. The van der Waals surface area contributed by atoms with Gasteiger partial charge in [-0.3, -0.25) is 0 Å². The van der Waals surface area contributed by atoms with Gasteiger partial charge in [0.05, 0.1) is 24.7 Å². The molecule has 0 aliphatic rings. The van der Waals surface area contributed by atoms with Crippen molar-refractivity contribution in [1.82, 2.24) is 20.3 Å². The minimum atomic E-state index is -0.421. The number of halogens is 1. The van der Waals surface area contributed by atoms with Crippen LogP contribution in [0.2, 0.25) is 0 Å². The molecule has 0 aliphatic carbocycles. The number of rotatable bonds is 4. The van der Waals surface area contributed by atoms with E-state index in [1.165, 1.54) is 17.9 Å². The van der Waals surface area contributed by atoms with Gasteiger partial charge in [0.2, 0.25) is 0 Å². The Bertz CT molecular complexity index is 512. The van der Waals surface area contributed by atoms with Gasteiger partial charge in [0.25, 0.3) is 0 Å². The Hall–Kier alpha value is -1.95. The van der Waals surface area contributed by atoms with Gasteiger partial charge in [0, 0.05) is 12.6 Å². The number of ether oxygens (including phenoxy) is 1. The molecule has 2 rings (SSSR count). The molecular weight excluding hydrogens is 223 g/mol. The van der Waals surface area contributed by atoms with Crippen LogP contribution in [0.4, 0.5) is 4.39 Å². The lowest BCUT2D eigenvalue weighted by atomic mass is 10.3. The van der Waals surface area contributed by atoms with Crippen molar-refractivity contribution >= 4 is 0 Å². The lowest BCUT2D eigenvalue weighted by molar-refractivity contribution is 0.386. The van der Waals surface area contributed by atoms with Crippen LogP contribution in [-0.4, -0.2) is 29.2 Å². The van der Waals surface area contributed by atoms with Gasteiger partial charge in [-0.25, -0.2) is 9.07 Å². The zero-order valence-electron chi connectivity index (χ0n) is 9.64. The lowest BCUT2D eigenvalue weighted by Gasteiger charge is -2.04. The molecule has 90 valence electrons. The van der Waals surface area contributed by atoms with Crippen LogP contribution in [0.15, 0.2) is 24.4 Å². The molecule has 6 heteroatoms. The first-order valence-electron chi connectivity index (χ1n) is 5.14. The van der Waals surface area contributed by atoms with Crippen molar-refractivity contribution in [3.05, 3.63) is 35.9 Å². The largest absolute Gasteiger partial charge is 0.494 e. The summed E-state index contributed by atoms with van der Waals surface area (Å²) in [4.78, 5) is 0. The van der Waals surface area contributed by atoms with Gasteiger partial charge >= 0.3 is 0 Å². The van der Waals surface area contributed by atoms with E-state index in [0.29, 0.717) is 12.2 Å². The standard InChI is InChI=1S/C11H13FN4O/c1-13-6-8-7-16(15-14-8)9-3-4-11(17-2)10(12)5-9/h3-5,7,13H,6H2,1-2H3. The molecule has 0 fully saturated rings. The van der Waals surface area contributed by atoms with Crippen LogP contribution < -0.4 is 10.1 Å². The minimum absolute atomic E-state index is 0.212. The smallest absolute Gasteiger partial charge is 0.167 e. The molecule has 1 N–H and O–H groups in total. The summed E-state index contributed by atoms with van der Waals surface area (Å²) in [6, 6.07) is 4.64. The fourth-order valence-corrected chi connectivity index (χ4v) is 1.48. The highest BCUT2D eigenvalue weighted by molar-refractivity contribution is 5.38. The summed E-state index contributed by atoms with van der Waals surface area (Å²) < 4.78 is 19.9. The van der Waals surface area contributed by atoms with E-state index < -0.39 is 5.82 Å². The van der Waals surface area contributed by atoms with E-state index in [9.17, 15) is 4.39 Å². The average molecular weight is 236 g/mol. The molecule has 0 unspecified atom stereocenters. The second kappa shape index (κ2) is 4.92. The summed E-state index contributed by atoms with van der Waals surface area (Å²) in [5, 5.41) is 10.8. The van der Waals surface area contributed by atoms with Crippen LogP contribution >= 0.6 is 0 Å². The van der Waals surface area contributed by atoms with Crippen LogP contribution in [0.5, 0.6) is 5.75 Å². The van der Waals surface area contributed by atoms with E-state index in [2.05, 4.69) is 15.6 Å². The quantitative estimate of drug-likeness (QED) is 0.864. The first-order valence-corrected chi connectivity index (χ1v) is 5.14. The Morgan fingerprint density at radius 2 is 2.29 bits per heavy atom. The van der Waals surface area contributed by atoms with E-state index >= 15 is 0 Å². The number of hydrogen-bond acceptors (Lipinski definition) is 4. The van der Waals surface area contributed by atoms with Crippen molar-refractivity contribution in [3.8, 4) is 11.4 Å². The van der Waals surface area contributed by atoms with Crippen LogP contribution in [0.3, 0.4) is 0 Å². The van der Waals surface area contributed by atoms with Gasteiger partial charge in [-0.2, -0.15) is 0 Å². The molecule has 0 atom stereocenters. The molecule has 17 heavy (non-hydrogen) atoms. The number of benzene rings is 1. The molecule has 1 aromatic heterocycles. The summed E-state index contributed by atoms with van der Waals surface area (Å²) in [5.74, 6) is -0.208. The van der Waals surface area contributed by atoms with E-state index in [1.54, 1.807) is 18.3 Å². The second-order valence-corrected chi connectivity index (χ2v) is 3.50. The summed E-state index contributed by atoms with van der Waals surface area (Å²) in [6.07, 6.45) is 1.75. The van der Waals surface area contributed by atoms with Crippen molar-refractivity contribution < 1.29 is 9.13 Å². The summed E-state index contributed by atoms with van der Waals surface area (Å²) >= 11 is 0. The molecule has 1 heterocycles. The van der Waals surface area contributed by atoms with E-state index in [-0.39, 0.29) is 5.75 Å². The maximum atomic E-state index is 13.5. The van der Waals surface area contributed by atoms with Crippen molar-refractivity contribution in [3.63, 3.8) is 0 Å². The Balaban J connectivity index is 2.29. The minimum Gasteiger partial charge on any atom is -0.494 e. The number of nitrogens with zero attached hydrogens (tertiary/aromatic N) is 3. The van der Waals surface area contributed by atoms with Crippen LogP contribution in [-0.2, 0) is 6.54 Å². The Kier molecular flexibility index (Phi) is 3.34. The van der Waals surface area contributed by atoms with E-state index in [1.807, 2.05) is 7.05 Å². The Morgan fingerprint density at radius 1 is 1.47 bits per heavy atom. The third-order valence-electron chi connectivity index (χ3n) is 2.30. The highest BCUT2D eigenvalue weighted by Gasteiger charge is 2.06. The predicted octanol–water partition coefficient (Wildman–Crippen LogP) is 1.13. The molecule has 1 aromatic carbocycles. The maximum absolute atomic E-state index is 13.5.